The van der Waals surface area contributed by atoms with Crippen LogP contribution < -0.4 is 9.13 Å². The highest BCUT2D eigenvalue weighted by Crippen LogP contribution is 2.23. The molecule has 0 unspecified atom stereocenters. The van der Waals surface area contributed by atoms with Gasteiger partial charge in [-0.15, -0.1) is 0 Å². The third kappa shape index (κ3) is 3.32. The van der Waals surface area contributed by atoms with Gasteiger partial charge in [0.2, 0.25) is 12.7 Å². The number of fused-ring (bicyclic) bond motifs is 2. The van der Waals surface area contributed by atoms with Gasteiger partial charge in [-0.05, 0) is 36.5 Å². The summed E-state index contributed by atoms with van der Waals surface area (Å²) in [5.74, 6) is 0.615. The number of nitrogens with zero attached hydrogens (tertiary/aromatic N) is 4. The summed E-state index contributed by atoms with van der Waals surface area (Å²) in [5.41, 5.74) is 7.74. The van der Waals surface area contributed by atoms with E-state index in [4.69, 9.17) is 0 Å². The first-order valence-corrected chi connectivity index (χ1v) is 10.5. The Hall–Kier alpha value is -2.62. The minimum Gasteiger partial charge on any atom is -0.232 e. The van der Waals surface area contributed by atoms with Gasteiger partial charge in [0.15, 0.2) is 22.1 Å². The van der Waals surface area contributed by atoms with E-state index in [0.29, 0.717) is 5.92 Å². The van der Waals surface area contributed by atoms with Crippen molar-refractivity contribution in [2.45, 2.75) is 46.6 Å². The Kier molecular flexibility index (Phi) is 4.96. The summed E-state index contributed by atoms with van der Waals surface area (Å²) in [5, 5.41) is 0. The Labute approximate surface area is 167 Å². The zero-order valence-corrected chi connectivity index (χ0v) is 17.8. The van der Waals surface area contributed by atoms with Crippen LogP contribution in [-0.4, -0.2) is 9.13 Å². The fourth-order valence-corrected chi connectivity index (χ4v) is 4.16. The van der Waals surface area contributed by atoms with Crippen molar-refractivity contribution in [3.63, 3.8) is 0 Å². The van der Waals surface area contributed by atoms with E-state index in [9.17, 15) is 0 Å². The first-order chi connectivity index (χ1) is 13.5. The number of unbranched alkanes of at least 4 members (excludes halogenated alkanes) is 1. The van der Waals surface area contributed by atoms with E-state index in [1.807, 2.05) is 0 Å². The number of rotatable bonds is 6. The largest absolute Gasteiger partial charge is 0.249 e. The maximum Gasteiger partial charge on any atom is 0.249 e. The molecule has 0 atom stereocenters. The zero-order chi connectivity index (χ0) is 19.8. The molecule has 2 aromatic carbocycles. The molecule has 0 amide bonds. The van der Waals surface area contributed by atoms with Gasteiger partial charge in [0.25, 0.3) is 0 Å². The highest BCUT2D eigenvalue weighted by atomic mass is 15.1. The van der Waals surface area contributed by atoms with Crippen LogP contribution in [0, 0.1) is 5.92 Å². The molecule has 0 aliphatic heterocycles. The molecular formula is C24H32N4+2. The molecule has 146 valence electrons. The van der Waals surface area contributed by atoms with Crippen LogP contribution in [0.1, 0.15) is 39.2 Å². The number of benzene rings is 2. The molecule has 4 heteroatoms. The maximum absolute atomic E-state index is 2.38. The SMILES string of the molecule is CCCCc1cccc(-n2c[n+](C)c3cc4c(cc32)n(CC(C)C)c[n+]4C)c1. The van der Waals surface area contributed by atoms with Gasteiger partial charge in [-0.2, -0.15) is 4.57 Å². The van der Waals surface area contributed by atoms with E-state index >= 15 is 0 Å². The summed E-state index contributed by atoms with van der Waals surface area (Å²) in [6.45, 7) is 7.83. The molecule has 0 saturated heterocycles. The topological polar surface area (TPSA) is 17.6 Å². The van der Waals surface area contributed by atoms with E-state index in [0.717, 1.165) is 13.0 Å². The van der Waals surface area contributed by atoms with Gasteiger partial charge in [-0.3, -0.25) is 0 Å². The van der Waals surface area contributed by atoms with Crippen molar-refractivity contribution >= 4 is 22.1 Å². The molecule has 2 aromatic heterocycles. The molecule has 2 heterocycles. The maximum atomic E-state index is 2.38. The Morgan fingerprint density at radius 2 is 1.68 bits per heavy atom. The van der Waals surface area contributed by atoms with Crippen LogP contribution in [-0.2, 0) is 27.1 Å². The highest BCUT2D eigenvalue weighted by Gasteiger charge is 2.22. The fourth-order valence-electron chi connectivity index (χ4n) is 4.16. The van der Waals surface area contributed by atoms with E-state index in [1.54, 1.807) is 0 Å². The van der Waals surface area contributed by atoms with Gasteiger partial charge in [-0.1, -0.05) is 39.3 Å². The molecule has 0 spiro atoms. The van der Waals surface area contributed by atoms with Crippen molar-refractivity contribution in [3.8, 4) is 5.69 Å². The lowest BCUT2D eigenvalue weighted by Crippen LogP contribution is -2.27. The van der Waals surface area contributed by atoms with Gasteiger partial charge in [0, 0.05) is 12.1 Å². The lowest BCUT2D eigenvalue weighted by atomic mass is 10.1. The smallest absolute Gasteiger partial charge is 0.232 e. The van der Waals surface area contributed by atoms with Crippen LogP contribution in [0.3, 0.4) is 0 Å². The summed E-state index contributed by atoms with van der Waals surface area (Å²) >= 11 is 0. The van der Waals surface area contributed by atoms with Gasteiger partial charge in [0.05, 0.1) is 20.6 Å². The number of hydrogen-bond donors (Lipinski definition) is 0. The van der Waals surface area contributed by atoms with E-state index < -0.39 is 0 Å². The molecule has 0 aliphatic carbocycles. The molecule has 0 fully saturated rings. The van der Waals surface area contributed by atoms with Crippen LogP contribution in [0.4, 0.5) is 0 Å². The monoisotopic (exact) mass is 376 g/mol. The molecule has 4 rings (SSSR count). The fraction of sp³-hybridized carbons (Fsp3) is 0.417. The second-order valence-electron chi connectivity index (χ2n) is 8.47. The van der Waals surface area contributed by atoms with E-state index in [-0.39, 0.29) is 0 Å². The second-order valence-corrected chi connectivity index (χ2v) is 8.47. The van der Waals surface area contributed by atoms with Crippen LogP contribution in [0.25, 0.3) is 27.8 Å². The van der Waals surface area contributed by atoms with Crippen molar-refractivity contribution < 1.29 is 9.13 Å². The minimum absolute atomic E-state index is 0.615. The van der Waals surface area contributed by atoms with Crippen LogP contribution in [0.2, 0.25) is 0 Å². The number of aryl methyl sites for hydroxylation is 3. The van der Waals surface area contributed by atoms with E-state index in [2.05, 4.69) is 102 Å². The average Bonchev–Trinajstić information content (AvgIpc) is 3.16. The van der Waals surface area contributed by atoms with Crippen molar-refractivity contribution in [2.75, 3.05) is 0 Å². The Morgan fingerprint density at radius 1 is 0.929 bits per heavy atom. The predicted octanol–water partition coefficient (Wildman–Crippen LogP) is 4.23. The molecular weight excluding hydrogens is 344 g/mol. The normalized spacial score (nSPS) is 11.9. The van der Waals surface area contributed by atoms with Gasteiger partial charge in [0.1, 0.15) is 5.69 Å². The van der Waals surface area contributed by atoms with Gasteiger partial charge >= 0.3 is 0 Å². The number of aromatic nitrogens is 4. The molecule has 28 heavy (non-hydrogen) atoms. The van der Waals surface area contributed by atoms with Gasteiger partial charge in [-0.25, -0.2) is 13.7 Å². The lowest BCUT2D eigenvalue weighted by molar-refractivity contribution is -0.649. The van der Waals surface area contributed by atoms with Crippen LogP contribution >= 0.6 is 0 Å². The Morgan fingerprint density at radius 3 is 2.43 bits per heavy atom. The second kappa shape index (κ2) is 7.42. The van der Waals surface area contributed by atoms with Crippen molar-refractivity contribution in [1.29, 1.82) is 0 Å². The average molecular weight is 377 g/mol. The summed E-state index contributed by atoms with van der Waals surface area (Å²) < 4.78 is 9.18. The summed E-state index contributed by atoms with van der Waals surface area (Å²) in [4.78, 5) is 0. The molecule has 0 radical (unpaired) electrons. The van der Waals surface area contributed by atoms with Crippen LogP contribution in [0.5, 0.6) is 0 Å². The zero-order valence-electron chi connectivity index (χ0n) is 17.8. The van der Waals surface area contributed by atoms with Crippen molar-refractivity contribution in [1.82, 2.24) is 9.13 Å². The van der Waals surface area contributed by atoms with Crippen molar-refractivity contribution in [2.24, 2.45) is 20.0 Å². The lowest BCUT2D eigenvalue weighted by Gasteiger charge is -2.03. The predicted molar refractivity (Wildman–Crippen MR) is 115 cm³/mol. The first-order valence-electron chi connectivity index (χ1n) is 10.5. The third-order valence-corrected chi connectivity index (χ3v) is 5.57. The number of hydrogen-bond acceptors (Lipinski definition) is 0. The summed E-state index contributed by atoms with van der Waals surface area (Å²) in [7, 11) is 4.27. The van der Waals surface area contributed by atoms with Crippen molar-refractivity contribution in [3.05, 3.63) is 54.6 Å². The number of imidazole rings is 2. The minimum atomic E-state index is 0.615. The van der Waals surface area contributed by atoms with Crippen LogP contribution in [0.15, 0.2) is 49.1 Å². The molecule has 0 saturated carbocycles. The quantitative estimate of drug-likeness (QED) is 0.448. The molecule has 0 bridgehead atoms. The summed E-state index contributed by atoms with van der Waals surface area (Å²) in [6.07, 6.45) is 8.04. The summed E-state index contributed by atoms with van der Waals surface area (Å²) in [6, 6.07) is 13.7. The highest BCUT2D eigenvalue weighted by molar-refractivity contribution is 5.89. The molecule has 0 N–H and O–H groups in total. The Bertz CT molecular complexity index is 1130. The third-order valence-electron chi connectivity index (χ3n) is 5.57. The standard InChI is InChI=1S/C24H32N4/c1-6-7-9-19-10-8-11-20(12-19)28-17-26(5)22-13-21-23(14-24(22)28)27(15-18(2)3)16-25(21)4/h8,10-14,16-18H,6-7,9,15H2,1-5H3/q+2. The first kappa shape index (κ1) is 18.7. The molecule has 4 aromatic rings. The molecule has 0 aliphatic rings. The van der Waals surface area contributed by atoms with E-state index in [1.165, 1.54) is 46.2 Å². The van der Waals surface area contributed by atoms with Gasteiger partial charge < -0.3 is 0 Å². The molecule has 4 nitrogen and oxygen atoms in total. The Balaban J connectivity index is 1.89.